The van der Waals surface area contributed by atoms with E-state index in [1.165, 1.54) is 24.4 Å². The highest BCUT2D eigenvalue weighted by molar-refractivity contribution is 5.95. The average molecular weight is 358 g/mol. The Morgan fingerprint density at radius 3 is 2.50 bits per heavy atom. The largest absolute Gasteiger partial charge is 0.482 e. The van der Waals surface area contributed by atoms with Gasteiger partial charge in [0.15, 0.2) is 6.61 Å². The molecule has 0 fully saturated rings. The highest BCUT2D eigenvalue weighted by Crippen LogP contribution is 2.11. The van der Waals surface area contributed by atoms with Crippen molar-refractivity contribution in [2.24, 2.45) is 5.10 Å². The third kappa shape index (κ3) is 6.01. The molecule has 0 atom stereocenters. The van der Waals surface area contributed by atoms with E-state index in [1.54, 1.807) is 44.2 Å². The monoisotopic (exact) mass is 358 g/mol. The molecule has 6 nitrogen and oxygen atoms in total. The first-order valence-electron chi connectivity index (χ1n) is 7.96. The number of ether oxygens (including phenoxy) is 2. The summed E-state index contributed by atoms with van der Waals surface area (Å²) in [6, 6.07) is 12.3. The average Bonchev–Trinajstić information content (AvgIpc) is 2.61. The quantitative estimate of drug-likeness (QED) is 0.469. The lowest BCUT2D eigenvalue weighted by molar-refractivity contribution is -0.149. The number of nitrogens with zero attached hydrogens (tertiary/aromatic N) is 1. The summed E-state index contributed by atoms with van der Waals surface area (Å²) < 4.78 is 23.7. The van der Waals surface area contributed by atoms with Gasteiger partial charge in [0.25, 0.3) is 5.91 Å². The summed E-state index contributed by atoms with van der Waals surface area (Å²) in [5.74, 6) is -1.19. The van der Waals surface area contributed by atoms with Crippen molar-refractivity contribution in [3.8, 4) is 5.75 Å². The van der Waals surface area contributed by atoms with Crippen LogP contribution in [-0.4, -0.2) is 30.8 Å². The molecule has 2 rings (SSSR count). The van der Waals surface area contributed by atoms with Gasteiger partial charge in [0.1, 0.15) is 11.6 Å². The van der Waals surface area contributed by atoms with Crippen LogP contribution in [0.5, 0.6) is 5.75 Å². The van der Waals surface area contributed by atoms with Crippen LogP contribution in [0.15, 0.2) is 53.6 Å². The van der Waals surface area contributed by atoms with E-state index in [4.69, 9.17) is 9.47 Å². The topological polar surface area (TPSA) is 77.0 Å². The van der Waals surface area contributed by atoms with Gasteiger partial charge in [-0.3, -0.25) is 4.79 Å². The second kappa shape index (κ2) is 9.31. The Labute approximate surface area is 150 Å². The molecule has 0 saturated heterocycles. The number of carbonyl (C=O) groups excluding carboxylic acids is 2. The highest BCUT2D eigenvalue weighted by atomic mass is 19.1. The number of hydrazone groups is 1. The molecule has 0 aliphatic heterocycles. The second-order valence-corrected chi connectivity index (χ2v) is 5.58. The zero-order valence-electron chi connectivity index (χ0n) is 14.4. The van der Waals surface area contributed by atoms with Gasteiger partial charge in [-0.15, -0.1) is 0 Å². The van der Waals surface area contributed by atoms with Crippen LogP contribution in [0, 0.1) is 5.82 Å². The maximum Gasteiger partial charge on any atom is 0.344 e. The van der Waals surface area contributed by atoms with E-state index in [9.17, 15) is 14.0 Å². The Balaban J connectivity index is 1.85. The molecule has 1 N–H and O–H groups in total. The van der Waals surface area contributed by atoms with E-state index in [1.807, 2.05) is 0 Å². The van der Waals surface area contributed by atoms with Gasteiger partial charge >= 0.3 is 5.97 Å². The highest BCUT2D eigenvalue weighted by Gasteiger charge is 2.09. The van der Waals surface area contributed by atoms with Crippen molar-refractivity contribution in [2.45, 2.75) is 20.0 Å². The first-order valence-corrected chi connectivity index (χ1v) is 7.96. The number of nitrogens with one attached hydrogen (secondary N) is 1. The summed E-state index contributed by atoms with van der Waals surface area (Å²) in [4.78, 5) is 23.2. The molecule has 0 saturated carbocycles. The smallest absolute Gasteiger partial charge is 0.344 e. The number of carbonyl (C=O) groups is 2. The molecule has 0 spiro atoms. The summed E-state index contributed by atoms with van der Waals surface area (Å²) >= 11 is 0. The van der Waals surface area contributed by atoms with Crippen LogP contribution in [-0.2, 0) is 9.53 Å². The van der Waals surface area contributed by atoms with Crippen molar-refractivity contribution in [1.29, 1.82) is 0 Å². The molecule has 0 unspecified atom stereocenters. The third-order valence-corrected chi connectivity index (χ3v) is 3.10. The number of benzene rings is 2. The number of esters is 1. The molecule has 0 aliphatic rings. The van der Waals surface area contributed by atoms with Crippen molar-refractivity contribution in [3.05, 3.63) is 65.5 Å². The molecule has 0 radical (unpaired) electrons. The zero-order chi connectivity index (χ0) is 18.9. The van der Waals surface area contributed by atoms with E-state index < -0.39 is 17.7 Å². The van der Waals surface area contributed by atoms with E-state index in [2.05, 4.69) is 10.5 Å². The minimum atomic E-state index is -0.636. The summed E-state index contributed by atoms with van der Waals surface area (Å²) in [7, 11) is 0. The Morgan fingerprint density at radius 2 is 1.85 bits per heavy atom. The fourth-order valence-corrected chi connectivity index (χ4v) is 1.96. The number of hydrogen-bond donors (Lipinski definition) is 1. The minimum Gasteiger partial charge on any atom is -0.482 e. The molecule has 0 bridgehead atoms. The molecule has 1 amide bonds. The fraction of sp³-hybridized carbons (Fsp3) is 0.211. The van der Waals surface area contributed by atoms with Crippen LogP contribution < -0.4 is 10.2 Å². The van der Waals surface area contributed by atoms with E-state index >= 15 is 0 Å². The number of rotatable bonds is 7. The Hall–Kier alpha value is -3.22. The van der Waals surface area contributed by atoms with E-state index in [-0.39, 0.29) is 18.3 Å². The Bertz CT molecular complexity index is 788. The van der Waals surface area contributed by atoms with E-state index in [0.29, 0.717) is 11.3 Å². The lowest BCUT2D eigenvalue weighted by atomic mass is 10.2. The molecule has 7 heteroatoms. The third-order valence-electron chi connectivity index (χ3n) is 3.10. The fourth-order valence-electron chi connectivity index (χ4n) is 1.96. The van der Waals surface area contributed by atoms with Gasteiger partial charge in [-0.1, -0.05) is 12.1 Å². The molecule has 2 aromatic rings. The Morgan fingerprint density at radius 1 is 1.15 bits per heavy atom. The minimum absolute atomic E-state index is 0.0818. The van der Waals surface area contributed by atoms with Gasteiger partial charge in [-0.05, 0) is 55.8 Å². The Kier molecular flexibility index (Phi) is 6.84. The van der Waals surface area contributed by atoms with Crippen LogP contribution in [0.3, 0.4) is 0 Å². The van der Waals surface area contributed by atoms with Crippen LogP contribution in [0.1, 0.15) is 29.8 Å². The summed E-state index contributed by atoms with van der Waals surface area (Å²) in [6.45, 7) is 3.35. The van der Waals surface area contributed by atoms with Gasteiger partial charge in [0, 0.05) is 0 Å². The summed E-state index contributed by atoms with van der Waals surface area (Å²) in [5, 5.41) is 3.79. The maximum atomic E-state index is 13.5. The number of amides is 1. The maximum absolute atomic E-state index is 13.5. The van der Waals surface area contributed by atoms with Crippen molar-refractivity contribution >= 4 is 18.1 Å². The molecule has 0 heterocycles. The predicted octanol–water partition coefficient (Wildman–Crippen LogP) is 2.92. The number of hydrogen-bond acceptors (Lipinski definition) is 5. The van der Waals surface area contributed by atoms with Gasteiger partial charge in [-0.25, -0.2) is 14.6 Å². The number of halogens is 1. The van der Waals surface area contributed by atoms with Gasteiger partial charge < -0.3 is 9.47 Å². The van der Waals surface area contributed by atoms with E-state index in [0.717, 1.165) is 0 Å². The molecule has 136 valence electrons. The summed E-state index contributed by atoms with van der Waals surface area (Å²) in [6.07, 6.45) is 1.22. The zero-order valence-corrected chi connectivity index (χ0v) is 14.4. The van der Waals surface area contributed by atoms with Crippen LogP contribution in [0.4, 0.5) is 4.39 Å². The van der Waals surface area contributed by atoms with Gasteiger partial charge in [0.2, 0.25) is 0 Å². The van der Waals surface area contributed by atoms with Crippen LogP contribution in [0.2, 0.25) is 0 Å². The van der Waals surface area contributed by atoms with Crippen LogP contribution in [0.25, 0.3) is 0 Å². The predicted molar refractivity (Wildman–Crippen MR) is 94.6 cm³/mol. The summed E-state index contributed by atoms with van der Waals surface area (Å²) in [5.41, 5.74) is 2.87. The van der Waals surface area contributed by atoms with Gasteiger partial charge in [-0.2, -0.15) is 5.10 Å². The van der Waals surface area contributed by atoms with Crippen LogP contribution >= 0.6 is 0 Å². The second-order valence-electron chi connectivity index (χ2n) is 5.58. The molecular formula is C19H19FN2O4. The first kappa shape index (κ1) is 19.1. The van der Waals surface area contributed by atoms with Crippen molar-refractivity contribution < 1.29 is 23.5 Å². The SMILES string of the molecule is CC(C)OC(=O)COc1ccc(/C=N\NC(=O)c2ccccc2F)cc1. The molecule has 0 aromatic heterocycles. The lowest BCUT2D eigenvalue weighted by Gasteiger charge is -2.09. The normalized spacial score (nSPS) is 10.8. The van der Waals surface area contributed by atoms with Crippen molar-refractivity contribution in [1.82, 2.24) is 5.43 Å². The molecule has 26 heavy (non-hydrogen) atoms. The molecular weight excluding hydrogens is 339 g/mol. The molecule has 2 aromatic carbocycles. The van der Waals surface area contributed by atoms with Crippen molar-refractivity contribution in [3.63, 3.8) is 0 Å². The van der Waals surface area contributed by atoms with Crippen molar-refractivity contribution in [2.75, 3.05) is 6.61 Å². The standard InChI is InChI=1S/C19H19FN2O4/c1-13(2)26-18(23)12-25-15-9-7-14(8-10-15)11-21-22-19(24)16-5-3-4-6-17(16)20/h3-11,13H,12H2,1-2H3,(H,22,24)/b21-11-. The lowest BCUT2D eigenvalue weighted by Crippen LogP contribution is -2.19. The molecule has 0 aliphatic carbocycles. The van der Waals surface area contributed by atoms with Gasteiger partial charge in [0.05, 0.1) is 17.9 Å². The first-order chi connectivity index (χ1) is 12.5.